The zero-order valence-electron chi connectivity index (χ0n) is 10.2. The Kier molecular flexibility index (Phi) is 4.50. The molecule has 0 amide bonds. The minimum Gasteiger partial charge on any atom is -0.366 e. The van der Waals surface area contributed by atoms with E-state index in [1.807, 2.05) is 48.5 Å². The second-order valence-electron chi connectivity index (χ2n) is 3.89. The van der Waals surface area contributed by atoms with Crippen LogP contribution in [0.5, 0.6) is 0 Å². The van der Waals surface area contributed by atoms with Gasteiger partial charge in [0.15, 0.2) is 0 Å². The third-order valence-electron chi connectivity index (χ3n) is 2.60. The van der Waals surface area contributed by atoms with E-state index < -0.39 is 0 Å². The number of rotatable bonds is 4. The molecule has 92 valence electrons. The van der Waals surface area contributed by atoms with Crippen LogP contribution in [0.15, 0.2) is 65.7 Å². The summed E-state index contributed by atoms with van der Waals surface area (Å²) in [5.74, 6) is 0.835. The quantitative estimate of drug-likeness (QED) is 0.634. The molecule has 3 N–H and O–H groups in total. The summed E-state index contributed by atoms with van der Waals surface area (Å²) in [6, 6.07) is 20.2. The average molecular weight is 239 g/mol. The molecule has 3 nitrogen and oxygen atoms in total. The van der Waals surface area contributed by atoms with E-state index in [0.29, 0.717) is 0 Å². The van der Waals surface area contributed by atoms with Crippen LogP contribution in [0.4, 0.5) is 0 Å². The van der Waals surface area contributed by atoms with Gasteiger partial charge in [0.05, 0.1) is 6.67 Å². The fraction of sp³-hybridized carbons (Fsp3) is 0.133. The van der Waals surface area contributed by atoms with Crippen LogP contribution in [0, 0.1) is 0 Å². The van der Waals surface area contributed by atoms with Crippen LogP contribution in [0.25, 0.3) is 0 Å². The van der Waals surface area contributed by atoms with Gasteiger partial charge in [-0.1, -0.05) is 60.7 Å². The summed E-state index contributed by atoms with van der Waals surface area (Å²) < 4.78 is 0. The van der Waals surface area contributed by atoms with Gasteiger partial charge in [-0.05, 0) is 5.56 Å². The lowest BCUT2D eigenvalue weighted by molar-refractivity contribution is 0.898. The van der Waals surface area contributed by atoms with E-state index in [9.17, 15) is 0 Å². The number of nitrogens with zero attached hydrogens (tertiary/aromatic N) is 1. The minimum atomic E-state index is 0.284. The molecular formula is C15H17N3. The van der Waals surface area contributed by atoms with Crippen molar-refractivity contribution in [3.63, 3.8) is 0 Å². The molecule has 0 atom stereocenters. The lowest BCUT2D eigenvalue weighted by atomic mass is 10.2. The number of aliphatic imine (C=N–C) groups is 1. The first kappa shape index (κ1) is 12.3. The lowest BCUT2D eigenvalue weighted by Crippen LogP contribution is -2.25. The minimum absolute atomic E-state index is 0.284. The van der Waals surface area contributed by atoms with E-state index in [1.54, 1.807) is 0 Å². The number of nitrogens with two attached hydrogens (primary N) is 1. The molecule has 0 aliphatic carbocycles. The molecular weight excluding hydrogens is 222 g/mol. The fourth-order valence-corrected chi connectivity index (χ4v) is 1.72. The maximum absolute atomic E-state index is 5.51. The van der Waals surface area contributed by atoms with Gasteiger partial charge < -0.3 is 11.1 Å². The smallest absolute Gasteiger partial charge is 0.129 e. The van der Waals surface area contributed by atoms with Gasteiger partial charge in [0.25, 0.3) is 0 Å². The summed E-state index contributed by atoms with van der Waals surface area (Å²) >= 11 is 0. The van der Waals surface area contributed by atoms with Gasteiger partial charge in [-0.15, -0.1) is 0 Å². The highest BCUT2D eigenvalue weighted by Crippen LogP contribution is 2.02. The largest absolute Gasteiger partial charge is 0.366 e. The van der Waals surface area contributed by atoms with Crippen LogP contribution in [0.2, 0.25) is 0 Å². The predicted molar refractivity (Wildman–Crippen MR) is 75.3 cm³/mol. The van der Waals surface area contributed by atoms with Crippen LogP contribution in [0.1, 0.15) is 11.1 Å². The number of amidine groups is 1. The van der Waals surface area contributed by atoms with Gasteiger partial charge in [0.2, 0.25) is 0 Å². The number of nitrogens with one attached hydrogen (secondary N) is 1. The highest BCUT2D eigenvalue weighted by Gasteiger charge is 2.01. The van der Waals surface area contributed by atoms with E-state index >= 15 is 0 Å². The van der Waals surface area contributed by atoms with E-state index in [2.05, 4.69) is 22.4 Å². The summed E-state index contributed by atoms with van der Waals surface area (Å²) in [5, 5.41) is 3.32. The maximum Gasteiger partial charge on any atom is 0.129 e. The molecule has 0 radical (unpaired) electrons. The van der Waals surface area contributed by atoms with Crippen molar-refractivity contribution in [2.75, 3.05) is 6.67 Å². The molecule has 0 bridgehead atoms. The molecule has 0 spiro atoms. The Morgan fingerprint density at radius 1 is 0.944 bits per heavy atom. The van der Waals surface area contributed by atoms with Gasteiger partial charge >= 0.3 is 0 Å². The third kappa shape index (κ3) is 3.43. The molecule has 2 aromatic carbocycles. The predicted octanol–water partition coefficient (Wildman–Crippen LogP) is 2.14. The zero-order valence-corrected chi connectivity index (χ0v) is 10.2. The van der Waals surface area contributed by atoms with Crippen LogP contribution in [-0.2, 0) is 6.54 Å². The van der Waals surface area contributed by atoms with Crippen molar-refractivity contribution in [1.82, 2.24) is 5.32 Å². The van der Waals surface area contributed by atoms with Gasteiger partial charge in [0, 0.05) is 12.1 Å². The van der Waals surface area contributed by atoms with Crippen molar-refractivity contribution in [2.24, 2.45) is 10.7 Å². The molecule has 18 heavy (non-hydrogen) atoms. The highest BCUT2D eigenvalue weighted by atomic mass is 15.0. The van der Waals surface area contributed by atoms with Crippen molar-refractivity contribution in [3.05, 3.63) is 71.8 Å². The Bertz CT molecular complexity index is 492. The van der Waals surface area contributed by atoms with E-state index in [-0.39, 0.29) is 6.67 Å². The molecule has 2 rings (SSSR count). The van der Waals surface area contributed by atoms with E-state index in [0.717, 1.165) is 17.9 Å². The Balaban J connectivity index is 2.07. The molecule has 0 saturated heterocycles. The standard InChI is InChI=1S/C15H17N3/c16-12-18-15(14-9-5-2-6-10-14)17-11-13-7-3-1-4-8-13/h1-10H,11-12,16H2,(H,17,18). The molecule has 0 unspecified atom stereocenters. The molecule has 0 fully saturated rings. The van der Waals surface area contributed by atoms with Crippen molar-refractivity contribution in [2.45, 2.75) is 6.54 Å². The topological polar surface area (TPSA) is 50.4 Å². The van der Waals surface area contributed by atoms with Gasteiger partial charge in [-0.3, -0.25) is 4.99 Å². The third-order valence-corrected chi connectivity index (χ3v) is 2.60. The summed E-state index contributed by atoms with van der Waals surface area (Å²) in [4.78, 5) is 4.29. The normalized spacial score (nSPS) is 11.3. The Hall–Kier alpha value is -2.13. The lowest BCUT2D eigenvalue weighted by Gasteiger charge is -2.10. The van der Waals surface area contributed by atoms with Gasteiger partial charge in [-0.25, -0.2) is 0 Å². The van der Waals surface area contributed by atoms with Crippen LogP contribution < -0.4 is 11.1 Å². The molecule has 0 heterocycles. The SMILES string of the molecule is NC/N=C(\NCc1ccccc1)c1ccccc1. The fourth-order valence-electron chi connectivity index (χ4n) is 1.72. The molecule has 0 aliphatic heterocycles. The molecule has 0 aromatic heterocycles. The second kappa shape index (κ2) is 6.57. The van der Waals surface area contributed by atoms with Gasteiger partial charge in [-0.2, -0.15) is 0 Å². The van der Waals surface area contributed by atoms with Crippen molar-refractivity contribution in [1.29, 1.82) is 0 Å². The van der Waals surface area contributed by atoms with Crippen LogP contribution in [-0.4, -0.2) is 12.5 Å². The molecule has 0 saturated carbocycles. The average Bonchev–Trinajstić information content (AvgIpc) is 2.45. The number of benzene rings is 2. The number of hydrogen-bond donors (Lipinski definition) is 2. The first-order valence-electron chi connectivity index (χ1n) is 5.98. The Morgan fingerprint density at radius 2 is 1.56 bits per heavy atom. The first-order valence-corrected chi connectivity index (χ1v) is 5.98. The highest BCUT2D eigenvalue weighted by molar-refractivity contribution is 5.98. The number of hydrogen-bond acceptors (Lipinski definition) is 2. The summed E-state index contributed by atoms with van der Waals surface area (Å²) in [5.41, 5.74) is 7.78. The summed E-state index contributed by atoms with van der Waals surface area (Å²) in [7, 11) is 0. The van der Waals surface area contributed by atoms with Crippen LogP contribution in [0.3, 0.4) is 0 Å². The first-order chi connectivity index (χ1) is 8.90. The van der Waals surface area contributed by atoms with Crippen molar-refractivity contribution < 1.29 is 0 Å². The molecule has 2 aromatic rings. The summed E-state index contributed by atoms with van der Waals surface area (Å²) in [6.07, 6.45) is 0. The summed E-state index contributed by atoms with van der Waals surface area (Å²) in [6.45, 7) is 1.03. The molecule has 3 heteroatoms. The second-order valence-corrected chi connectivity index (χ2v) is 3.89. The maximum atomic E-state index is 5.51. The van der Waals surface area contributed by atoms with Gasteiger partial charge in [0.1, 0.15) is 5.84 Å². The van der Waals surface area contributed by atoms with E-state index in [4.69, 9.17) is 5.73 Å². The van der Waals surface area contributed by atoms with E-state index in [1.165, 1.54) is 5.56 Å². The zero-order chi connectivity index (χ0) is 12.6. The Morgan fingerprint density at radius 3 is 2.17 bits per heavy atom. The molecule has 0 aliphatic rings. The monoisotopic (exact) mass is 239 g/mol. The van der Waals surface area contributed by atoms with Crippen molar-refractivity contribution >= 4 is 5.84 Å². The Labute approximate surface area is 107 Å². The van der Waals surface area contributed by atoms with Crippen molar-refractivity contribution in [3.8, 4) is 0 Å². The van der Waals surface area contributed by atoms with Crippen LogP contribution >= 0.6 is 0 Å².